The van der Waals surface area contributed by atoms with Crippen LogP contribution in [-0.4, -0.2) is 47.7 Å². The van der Waals surface area contributed by atoms with Crippen LogP contribution in [0.3, 0.4) is 0 Å². The number of hydrogen-bond donors (Lipinski definition) is 2. The van der Waals surface area contributed by atoms with Crippen LogP contribution >= 0.6 is 0 Å². The first-order valence-corrected chi connectivity index (χ1v) is 9.50. The minimum atomic E-state index is -0.292. The summed E-state index contributed by atoms with van der Waals surface area (Å²) in [6, 6.07) is 7.12. The fourth-order valence-electron chi connectivity index (χ4n) is 3.10. The number of amides is 3. The van der Waals surface area contributed by atoms with E-state index in [4.69, 9.17) is 9.15 Å². The topological polar surface area (TPSA) is 96.7 Å². The Morgan fingerprint density at radius 1 is 1.29 bits per heavy atom. The highest BCUT2D eigenvalue weighted by molar-refractivity contribution is 5.90. The van der Waals surface area contributed by atoms with E-state index in [-0.39, 0.29) is 18.2 Å². The van der Waals surface area contributed by atoms with Gasteiger partial charge in [0.05, 0.1) is 12.3 Å². The van der Waals surface area contributed by atoms with E-state index in [0.29, 0.717) is 44.1 Å². The second-order valence-electron chi connectivity index (χ2n) is 6.80. The lowest BCUT2D eigenvalue weighted by Crippen LogP contribution is -2.47. The molecule has 0 spiro atoms. The third kappa shape index (κ3) is 4.82. The maximum Gasteiger partial charge on any atom is 0.409 e. The Hall–Kier alpha value is -3.03. The van der Waals surface area contributed by atoms with Gasteiger partial charge in [0.15, 0.2) is 0 Å². The van der Waals surface area contributed by atoms with Gasteiger partial charge in [0.25, 0.3) is 0 Å². The van der Waals surface area contributed by atoms with Crippen LogP contribution in [0.25, 0.3) is 11.5 Å². The quantitative estimate of drug-likeness (QED) is 0.835. The van der Waals surface area contributed by atoms with Crippen molar-refractivity contribution in [1.82, 2.24) is 15.2 Å². The van der Waals surface area contributed by atoms with Crippen molar-refractivity contribution in [3.8, 4) is 11.5 Å². The zero-order chi connectivity index (χ0) is 20.1. The van der Waals surface area contributed by atoms with Crippen LogP contribution < -0.4 is 10.6 Å². The summed E-state index contributed by atoms with van der Waals surface area (Å²) < 4.78 is 10.7. The van der Waals surface area contributed by atoms with Gasteiger partial charge in [-0.25, -0.2) is 14.6 Å². The first kappa shape index (κ1) is 19.7. The maximum absolute atomic E-state index is 12.3. The summed E-state index contributed by atoms with van der Waals surface area (Å²) in [5.41, 5.74) is 2.31. The molecule has 2 aromatic rings. The standard InChI is InChI=1S/C20H26N4O4/c1-4-27-20(26)24-10-8-16(9-11-24)22-19(25)23-17-7-5-6-15(12-17)18-21-13(2)14(3)28-18/h5-7,12,16H,4,8-11H2,1-3H3,(H2,22,23,25). The predicted molar refractivity (Wildman–Crippen MR) is 105 cm³/mol. The molecule has 0 unspecified atom stereocenters. The van der Waals surface area contributed by atoms with Gasteiger partial charge < -0.3 is 24.7 Å². The maximum atomic E-state index is 12.3. The highest BCUT2D eigenvalue weighted by Gasteiger charge is 2.24. The number of nitrogens with one attached hydrogen (secondary N) is 2. The van der Waals surface area contributed by atoms with Crippen molar-refractivity contribution in [3.63, 3.8) is 0 Å². The van der Waals surface area contributed by atoms with E-state index in [1.165, 1.54) is 0 Å². The number of aromatic nitrogens is 1. The fraction of sp³-hybridized carbons (Fsp3) is 0.450. The first-order chi connectivity index (χ1) is 13.5. The van der Waals surface area contributed by atoms with Gasteiger partial charge >= 0.3 is 12.1 Å². The largest absolute Gasteiger partial charge is 0.450 e. The molecule has 8 nitrogen and oxygen atoms in total. The van der Waals surface area contributed by atoms with Gasteiger partial charge in [-0.15, -0.1) is 0 Å². The number of carbonyl (C=O) groups is 2. The monoisotopic (exact) mass is 386 g/mol. The van der Waals surface area contributed by atoms with Crippen LogP contribution in [0.15, 0.2) is 28.7 Å². The average molecular weight is 386 g/mol. The highest BCUT2D eigenvalue weighted by Crippen LogP contribution is 2.24. The number of oxazole rings is 1. The Morgan fingerprint density at radius 3 is 2.68 bits per heavy atom. The number of hydrogen-bond acceptors (Lipinski definition) is 5. The van der Waals surface area contributed by atoms with Crippen molar-refractivity contribution in [3.05, 3.63) is 35.7 Å². The van der Waals surface area contributed by atoms with Crippen LogP contribution in [0, 0.1) is 13.8 Å². The third-order valence-corrected chi connectivity index (χ3v) is 4.75. The van der Waals surface area contributed by atoms with Crippen molar-refractivity contribution >= 4 is 17.8 Å². The number of anilines is 1. The number of carbonyl (C=O) groups excluding carboxylic acids is 2. The van der Waals surface area contributed by atoms with E-state index in [1.807, 2.05) is 38.1 Å². The van der Waals surface area contributed by atoms with Crippen LogP contribution in [-0.2, 0) is 4.74 Å². The van der Waals surface area contributed by atoms with E-state index in [9.17, 15) is 9.59 Å². The van der Waals surface area contributed by atoms with Gasteiger partial charge in [-0.3, -0.25) is 0 Å². The summed E-state index contributed by atoms with van der Waals surface area (Å²) in [6.45, 7) is 7.06. The van der Waals surface area contributed by atoms with Gasteiger partial charge in [-0.2, -0.15) is 0 Å². The molecule has 0 bridgehead atoms. The van der Waals surface area contributed by atoms with Gasteiger partial charge in [0.2, 0.25) is 5.89 Å². The lowest BCUT2D eigenvalue weighted by atomic mass is 10.1. The van der Waals surface area contributed by atoms with Crippen molar-refractivity contribution < 1.29 is 18.7 Å². The smallest absolute Gasteiger partial charge is 0.409 e. The van der Waals surface area contributed by atoms with E-state index in [0.717, 1.165) is 17.0 Å². The lowest BCUT2D eigenvalue weighted by Gasteiger charge is -2.31. The zero-order valence-electron chi connectivity index (χ0n) is 16.4. The van der Waals surface area contributed by atoms with E-state index >= 15 is 0 Å². The Bertz CT molecular complexity index is 821. The summed E-state index contributed by atoms with van der Waals surface area (Å²) in [5.74, 6) is 1.31. The average Bonchev–Trinajstić information content (AvgIpc) is 3.01. The summed E-state index contributed by atoms with van der Waals surface area (Å²) >= 11 is 0. The number of rotatable bonds is 4. The number of benzene rings is 1. The predicted octanol–water partition coefficient (Wildman–Crippen LogP) is 3.70. The number of aryl methyl sites for hydroxylation is 2. The molecule has 0 radical (unpaired) electrons. The molecule has 2 N–H and O–H groups in total. The zero-order valence-corrected chi connectivity index (χ0v) is 16.4. The van der Waals surface area contributed by atoms with Crippen molar-refractivity contribution in [1.29, 1.82) is 0 Å². The highest BCUT2D eigenvalue weighted by atomic mass is 16.6. The summed E-state index contributed by atoms with van der Waals surface area (Å²) in [6.07, 6.45) is 1.10. The van der Waals surface area contributed by atoms with Crippen LogP contribution in [0.1, 0.15) is 31.2 Å². The van der Waals surface area contributed by atoms with Crippen molar-refractivity contribution in [2.75, 3.05) is 25.0 Å². The number of likely N-dealkylation sites (tertiary alicyclic amines) is 1. The molecule has 3 rings (SSSR count). The molecule has 2 heterocycles. The van der Waals surface area contributed by atoms with Crippen LogP contribution in [0.4, 0.5) is 15.3 Å². The molecule has 0 saturated carbocycles. The molecular formula is C20H26N4O4. The molecule has 3 amide bonds. The molecule has 8 heteroatoms. The van der Waals surface area contributed by atoms with Gasteiger partial charge in [-0.05, 0) is 51.8 Å². The van der Waals surface area contributed by atoms with E-state index < -0.39 is 0 Å². The molecule has 28 heavy (non-hydrogen) atoms. The molecule has 1 saturated heterocycles. The second-order valence-corrected chi connectivity index (χ2v) is 6.80. The van der Waals surface area contributed by atoms with E-state index in [1.54, 1.807) is 11.8 Å². The Labute approximate surface area is 164 Å². The normalized spacial score (nSPS) is 14.6. The van der Waals surface area contributed by atoms with Crippen LogP contribution in [0.5, 0.6) is 0 Å². The minimum Gasteiger partial charge on any atom is -0.450 e. The molecule has 150 valence electrons. The molecule has 1 aromatic carbocycles. The Balaban J connectivity index is 1.53. The van der Waals surface area contributed by atoms with Crippen molar-refractivity contribution in [2.45, 2.75) is 39.7 Å². The molecule has 0 aliphatic carbocycles. The third-order valence-electron chi connectivity index (χ3n) is 4.75. The van der Waals surface area contributed by atoms with Gasteiger partial charge in [-0.1, -0.05) is 6.07 Å². The number of nitrogens with zero attached hydrogens (tertiary/aromatic N) is 2. The Morgan fingerprint density at radius 2 is 2.04 bits per heavy atom. The van der Waals surface area contributed by atoms with Crippen LogP contribution in [0.2, 0.25) is 0 Å². The molecule has 1 aliphatic rings. The minimum absolute atomic E-state index is 0.0194. The number of urea groups is 1. The number of ether oxygens (including phenoxy) is 1. The summed E-state index contributed by atoms with van der Waals surface area (Å²) in [5, 5.41) is 5.81. The lowest BCUT2D eigenvalue weighted by molar-refractivity contribution is 0.0959. The summed E-state index contributed by atoms with van der Waals surface area (Å²) in [4.78, 5) is 30.1. The SMILES string of the molecule is CCOC(=O)N1CCC(NC(=O)Nc2cccc(-c3nc(C)c(C)o3)c2)CC1. The van der Waals surface area contributed by atoms with Gasteiger partial charge in [0.1, 0.15) is 5.76 Å². The molecule has 0 atom stereocenters. The fourth-order valence-corrected chi connectivity index (χ4v) is 3.10. The Kier molecular flexibility index (Phi) is 6.18. The molecule has 1 aliphatic heterocycles. The molecule has 1 fully saturated rings. The van der Waals surface area contributed by atoms with Gasteiger partial charge in [0, 0.05) is 30.4 Å². The summed E-state index contributed by atoms with van der Waals surface area (Å²) in [7, 11) is 0. The van der Waals surface area contributed by atoms with E-state index in [2.05, 4.69) is 15.6 Å². The molecular weight excluding hydrogens is 360 g/mol. The molecule has 1 aromatic heterocycles. The second kappa shape index (κ2) is 8.77. The van der Waals surface area contributed by atoms with Crippen molar-refractivity contribution in [2.24, 2.45) is 0 Å². The number of piperidine rings is 1. The first-order valence-electron chi connectivity index (χ1n) is 9.50.